The molecular weight excluding hydrogens is 432 g/mol. The normalized spacial score (nSPS) is 16.4. The summed E-state index contributed by atoms with van der Waals surface area (Å²) in [6.07, 6.45) is 3.42. The van der Waals surface area contributed by atoms with Crippen LogP contribution in [0.25, 0.3) is 0 Å². The van der Waals surface area contributed by atoms with Gasteiger partial charge in [0, 0.05) is 37.8 Å². The van der Waals surface area contributed by atoms with Crippen LogP contribution >= 0.6 is 0 Å². The summed E-state index contributed by atoms with van der Waals surface area (Å²) in [6, 6.07) is 2.39. The number of phenols is 1. The van der Waals surface area contributed by atoms with E-state index in [0.717, 1.165) is 25.9 Å². The molecule has 0 atom stereocenters. The number of ether oxygens (including phenoxy) is 2. The van der Waals surface area contributed by atoms with Gasteiger partial charge in [-0.2, -0.15) is 20.1 Å². The van der Waals surface area contributed by atoms with Crippen molar-refractivity contribution in [1.29, 1.82) is 0 Å². The van der Waals surface area contributed by atoms with E-state index < -0.39 is 4.92 Å². The van der Waals surface area contributed by atoms with E-state index >= 15 is 0 Å². The lowest BCUT2D eigenvalue weighted by molar-refractivity contribution is -0.385. The summed E-state index contributed by atoms with van der Waals surface area (Å²) in [7, 11) is 0. The Morgan fingerprint density at radius 3 is 2.48 bits per heavy atom. The predicted molar refractivity (Wildman–Crippen MR) is 121 cm³/mol. The van der Waals surface area contributed by atoms with Gasteiger partial charge in [0.1, 0.15) is 0 Å². The van der Waals surface area contributed by atoms with Crippen LogP contribution in [0.4, 0.5) is 23.5 Å². The van der Waals surface area contributed by atoms with Crippen molar-refractivity contribution < 1.29 is 19.5 Å². The molecule has 0 aliphatic carbocycles. The summed E-state index contributed by atoms with van der Waals surface area (Å²) < 4.78 is 10.7. The molecule has 33 heavy (non-hydrogen) atoms. The average Bonchev–Trinajstić information content (AvgIpc) is 3.37. The lowest BCUT2D eigenvalue weighted by Gasteiger charge is -2.27. The van der Waals surface area contributed by atoms with Crippen LogP contribution in [0.3, 0.4) is 0 Å². The van der Waals surface area contributed by atoms with Gasteiger partial charge in [-0.05, 0) is 19.8 Å². The molecule has 0 bridgehead atoms. The Kier molecular flexibility index (Phi) is 6.98. The number of hydrazone groups is 1. The average molecular weight is 458 g/mol. The summed E-state index contributed by atoms with van der Waals surface area (Å²) in [4.78, 5) is 28.4. The molecule has 2 saturated heterocycles. The van der Waals surface area contributed by atoms with Gasteiger partial charge >= 0.3 is 0 Å². The highest BCUT2D eigenvalue weighted by Gasteiger charge is 2.21. The van der Waals surface area contributed by atoms with Crippen molar-refractivity contribution >= 4 is 29.7 Å². The number of nitrogens with one attached hydrogen (secondary N) is 1. The molecule has 0 radical (unpaired) electrons. The molecule has 2 aliphatic heterocycles. The molecular formula is C20H26N8O5. The van der Waals surface area contributed by atoms with Crippen LogP contribution < -0.4 is 20.0 Å². The van der Waals surface area contributed by atoms with E-state index in [-0.39, 0.29) is 35.3 Å². The smallest absolute Gasteiger partial charge is 0.274 e. The lowest BCUT2D eigenvalue weighted by atomic mass is 10.1. The predicted octanol–water partition coefficient (Wildman–Crippen LogP) is 1.77. The zero-order chi connectivity index (χ0) is 23.2. The van der Waals surface area contributed by atoms with Crippen LogP contribution in [0.15, 0.2) is 17.2 Å². The number of nitro benzene ring substituents is 1. The molecule has 176 valence electrons. The molecule has 3 heterocycles. The first-order valence-electron chi connectivity index (χ1n) is 10.8. The van der Waals surface area contributed by atoms with Gasteiger partial charge < -0.3 is 24.4 Å². The Balaban J connectivity index is 1.59. The topological polar surface area (TPSA) is 151 Å². The molecule has 2 fully saturated rings. The lowest BCUT2D eigenvalue weighted by Crippen LogP contribution is -2.38. The highest BCUT2D eigenvalue weighted by atomic mass is 16.6. The molecule has 2 N–H and O–H groups in total. The zero-order valence-corrected chi connectivity index (χ0v) is 18.3. The van der Waals surface area contributed by atoms with Gasteiger partial charge in [-0.25, -0.2) is 5.43 Å². The number of nitro groups is 1. The maximum absolute atomic E-state index is 11.2. The van der Waals surface area contributed by atoms with Crippen LogP contribution in [0.5, 0.6) is 11.5 Å². The van der Waals surface area contributed by atoms with Crippen LogP contribution in [-0.2, 0) is 4.74 Å². The van der Waals surface area contributed by atoms with Crippen molar-refractivity contribution in [1.82, 2.24) is 15.0 Å². The number of morpholine rings is 1. The van der Waals surface area contributed by atoms with E-state index in [0.29, 0.717) is 38.2 Å². The van der Waals surface area contributed by atoms with Gasteiger partial charge in [-0.15, -0.1) is 0 Å². The van der Waals surface area contributed by atoms with Crippen molar-refractivity contribution in [2.45, 2.75) is 19.8 Å². The third-order valence-electron chi connectivity index (χ3n) is 5.26. The molecule has 1 aromatic carbocycles. The number of aromatic nitrogens is 3. The van der Waals surface area contributed by atoms with E-state index in [1.165, 1.54) is 18.3 Å². The van der Waals surface area contributed by atoms with Gasteiger partial charge in [-0.3, -0.25) is 10.1 Å². The third-order valence-corrected chi connectivity index (χ3v) is 5.26. The van der Waals surface area contributed by atoms with Gasteiger partial charge in [0.05, 0.1) is 37.0 Å². The summed E-state index contributed by atoms with van der Waals surface area (Å²) in [5.74, 6) is 1.11. The number of hydrogen-bond donors (Lipinski definition) is 2. The van der Waals surface area contributed by atoms with Gasteiger partial charge in [0.25, 0.3) is 5.69 Å². The monoisotopic (exact) mass is 458 g/mol. The second-order valence-corrected chi connectivity index (χ2v) is 7.49. The van der Waals surface area contributed by atoms with E-state index in [1.807, 2.05) is 4.90 Å². The van der Waals surface area contributed by atoms with Gasteiger partial charge in [0.2, 0.25) is 17.8 Å². The van der Waals surface area contributed by atoms with Crippen LogP contribution in [0.2, 0.25) is 0 Å². The number of rotatable bonds is 8. The fourth-order valence-corrected chi connectivity index (χ4v) is 3.61. The molecule has 0 unspecified atom stereocenters. The Hall–Kier alpha value is -3.74. The Morgan fingerprint density at radius 2 is 1.85 bits per heavy atom. The van der Waals surface area contributed by atoms with Crippen molar-refractivity contribution in [3.8, 4) is 11.5 Å². The van der Waals surface area contributed by atoms with Crippen LogP contribution in [0.1, 0.15) is 25.3 Å². The minimum atomic E-state index is -0.560. The Labute approximate surface area is 190 Å². The first-order chi connectivity index (χ1) is 16.0. The van der Waals surface area contributed by atoms with Crippen molar-refractivity contribution in [2.75, 3.05) is 61.2 Å². The molecule has 1 aromatic heterocycles. The third kappa shape index (κ3) is 5.37. The second-order valence-electron chi connectivity index (χ2n) is 7.49. The van der Waals surface area contributed by atoms with Crippen molar-refractivity contribution in [3.63, 3.8) is 0 Å². The van der Waals surface area contributed by atoms with Crippen molar-refractivity contribution in [3.05, 3.63) is 27.8 Å². The van der Waals surface area contributed by atoms with Gasteiger partial charge in [0.15, 0.2) is 11.5 Å². The molecule has 13 nitrogen and oxygen atoms in total. The first kappa shape index (κ1) is 22.5. The fraction of sp³-hybridized carbons (Fsp3) is 0.500. The number of benzene rings is 1. The number of non-ortho nitro benzene ring substituents is 1. The molecule has 2 aromatic rings. The van der Waals surface area contributed by atoms with E-state index in [2.05, 4.69) is 30.4 Å². The Morgan fingerprint density at radius 1 is 1.18 bits per heavy atom. The molecule has 0 amide bonds. The van der Waals surface area contributed by atoms with E-state index in [1.54, 1.807) is 6.92 Å². The van der Waals surface area contributed by atoms with Crippen molar-refractivity contribution in [2.24, 2.45) is 5.10 Å². The number of aromatic hydroxyl groups is 1. The highest BCUT2D eigenvalue weighted by molar-refractivity contribution is 5.86. The number of hydrogen-bond acceptors (Lipinski definition) is 12. The molecule has 0 spiro atoms. The molecule has 4 rings (SSSR count). The molecule has 0 saturated carbocycles. The second kappa shape index (κ2) is 10.3. The summed E-state index contributed by atoms with van der Waals surface area (Å²) in [5.41, 5.74) is 2.67. The molecule has 13 heteroatoms. The molecule has 2 aliphatic rings. The van der Waals surface area contributed by atoms with E-state index in [9.17, 15) is 15.2 Å². The summed E-state index contributed by atoms with van der Waals surface area (Å²) in [5, 5.41) is 25.7. The number of nitrogens with zero attached hydrogens (tertiary/aromatic N) is 7. The first-order valence-corrected chi connectivity index (χ1v) is 10.8. The SMILES string of the molecule is CCOc1cc([N+](=O)[O-])cc(/C=N/Nc2nc(N3CCCC3)nc(N3CCOCC3)n2)c1O. The minimum Gasteiger partial charge on any atom is -0.504 e. The standard InChI is InChI=1S/C20H26N8O5/c1-2-33-16-12-15(28(30)31)11-14(17(16)29)13-21-25-18-22-19(26-5-3-4-6-26)24-20(23-18)27-7-9-32-10-8-27/h11-13,29H,2-10H2,1H3,(H,22,23,24,25)/b21-13+. The van der Waals surface area contributed by atoms with Crippen LogP contribution in [0, 0.1) is 10.1 Å². The zero-order valence-electron chi connectivity index (χ0n) is 18.3. The number of phenolic OH excluding ortho intramolecular Hbond substituents is 1. The summed E-state index contributed by atoms with van der Waals surface area (Å²) >= 11 is 0. The maximum atomic E-state index is 11.2. The Bertz CT molecular complexity index is 1020. The maximum Gasteiger partial charge on any atom is 0.274 e. The van der Waals surface area contributed by atoms with Gasteiger partial charge in [-0.1, -0.05) is 0 Å². The summed E-state index contributed by atoms with van der Waals surface area (Å²) in [6.45, 7) is 6.26. The van der Waals surface area contributed by atoms with E-state index in [4.69, 9.17) is 9.47 Å². The highest BCUT2D eigenvalue weighted by Crippen LogP contribution is 2.34. The minimum absolute atomic E-state index is 0.0132. The quantitative estimate of drug-likeness (QED) is 0.338. The number of anilines is 3. The largest absolute Gasteiger partial charge is 0.504 e. The van der Waals surface area contributed by atoms with Crippen LogP contribution in [-0.4, -0.2) is 77.2 Å². The fourth-order valence-electron chi connectivity index (χ4n) is 3.61.